The molecule has 3 N–H and O–H groups in total. The summed E-state index contributed by atoms with van der Waals surface area (Å²) in [5.41, 5.74) is 2.36. The van der Waals surface area contributed by atoms with Gasteiger partial charge in [-0.1, -0.05) is 0 Å². The van der Waals surface area contributed by atoms with Gasteiger partial charge in [0, 0.05) is 37.1 Å². The number of pyridine rings is 3. The highest BCUT2D eigenvalue weighted by Gasteiger charge is 2.45. The number of hydrazine groups is 1. The molecule has 1 aromatic carbocycles. The van der Waals surface area contributed by atoms with Crippen LogP contribution in [0.25, 0.3) is 22.3 Å². The highest BCUT2D eigenvalue weighted by molar-refractivity contribution is 6.05. The van der Waals surface area contributed by atoms with Crippen LogP contribution in [0.3, 0.4) is 0 Å². The van der Waals surface area contributed by atoms with Crippen molar-refractivity contribution in [3.05, 3.63) is 93.9 Å². The number of hydrogen-bond donors (Lipinski definition) is 3. The van der Waals surface area contributed by atoms with Gasteiger partial charge >= 0.3 is 0 Å². The number of rotatable bonds is 9. The maximum atomic E-state index is 15.4. The molecule has 2 aliphatic heterocycles. The number of likely N-dealkylation sites (tertiary alicyclic amines) is 1. The van der Waals surface area contributed by atoms with Crippen LogP contribution < -0.4 is 15.7 Å². The Morgan fingerprint density at radius 2 is 1.90 bits per heavy atom. The summed E-state index contributed by atoms with van der Waals surface area (Å²) >= 11 is 0. The Hall–Kier alpha value is -5.14. The molecule has 1 fully saturated rings. The fourth-order valence-electron chi connectivity index (χ4n) is 6.19. The topological polar surface area (TPSA) is 152 Å². The molecule has 0 radical (unpaired) electrons. The first kappa shape index (κ1) is 35.7. The molecule has 1 saturated heterocycles. The normalized spacial score (nSPS) is 19.0. The molecule has 0 amide bonds. The number of halogens is 3. The summed E-state index contributed by atoms with van der Waals surface area (Å²) in [6.45, 7) is 6.09. The van der Waals surface area contributed by atoms with Gasteiger partial charge in [0.1, 0.15) is 23.0 Å². The molecule has 4 aromatic rings. The number of aromatic nitrogens is 3. The summed E-state index contributed by atoms with van der Waals surface area (Å²) in [7, 11) is 1.59. The Bertz CT molecular complexity index is 2150. The van der Waals surface area contributed by atoms with E-state index in [0.717, 1.165) is 4.57 Å². The number of aliphatic imine (C=N–C) groups is 1. The van der Waals surface area contributed by atoms with Gasteiger partial charge in [0.15, 0.2) is 12.0 Å². The van der Waals surface area contributed by atoms with E-state index < -0.39 is 41.1 Å². The van der Waals surface area contributed by atoms with Crippen LogP contribution >= 0.6 is 0 Å². The van der Waals surface area contributed by atoms with E-state index in [2.05, 4.69) is 26.5 Å². The third-order valence-corrected chi connectivity index (χ3v) is 8.76. The van der Waals surface area contributed by atoms with Crippen molar-refractivity contribution in [3.63, 3.8) is 0 Å². The largest absolute Gasteiger partial charge is 0.485 e. The van der Waals surface area contributed by atoms with E-state index in [1.807, 2.05) is 0 Å². The quantitative estimate of drug-likeness (QED) is 0.232. The van der Waals surface area contributed by atoms with Crippen LogP contribution in [-0.4, -0.2) is 84.8 Å². The number of alkyl halides is 2. The first-order valence-electron chi connectivity index (χ1n) is 16.1. The van der Waals surface area contributed by atoms with Crippen molar-refractivity contribution < 1.29 is 28.1 Å². The van der Waals surface area contributed by atoms with Crippen LogP contribution in [0.2, 0.25) is 0 Å². The van der Waals surface area contributed by atoms with Crippen molar-refractivity contribution in [1.82, 2.24) is 29.9 Å². The highest BCUT2D eigenvalue weighted by Crippen LogP contribution is 2.31. The molecule has 0 spiro atoms. The summed E-state index contributed by atoms with van der Waals surface area (Å²) in [6, 6.07) is 11.3. The molecule has 3 aromatic heterocycles. The second-order valence-corrected chi connectivity index (χ2v) is 13.9. The number of nitrogens with one attached hydrogen (secondary N) is 1. The molecule has 6 rings (SSSR count). The summed E-state index contributed by atoms with van der Waals surface area (Å²) in [5, 5.41) is 32.5. The van der Waals surface area contributed by atoms with Crippen molar-refractivity contribution in [2.75, 3.05) is 26.7 Å². The number of nitrogens with zero attached hydrogens (tertiary/aromatic N) is 7. The smallest absolute Gasteiger partial charge is 0.272 e. The van der Waals surface area contributed by atoms with Gasteiger partial charge in [-0.05, 0) is 81.1 Å². The molecule has 266 valence electrons. The Labute approximate surface area is 291 Å². The number of aliphatic hydroxyl groups excluding tert-OH is 2. The molecule has 2 aliphatic rings. The minimum Gasteiger partial charge on any atom is -0.485 e. The standard InChI is InChI=1S/C36H37F3N8O4/c1-34(2,17-40)22-12-21-9-11-47(33(50)30(21)26(37)13-22)31-25(16-48)24(8-10-41-31)27-14-28(32(49)45(5)44-27)43-29-7-6-23(15-42-29)51-35(3,4)18-46-19-36(38,39)20-46/h6-15,32,44,48-49H,16,18-20H2,1-5H3. The highest BCUT2D eigenvalue weighted by atomic mass is 19.3. The SMILES string of the molecule is CN1NC(c2ccnc(-n3ccc4cc(C(C)(C)C#N)cc(F)c4c3=O)c2CO)=CC(=Nc2ccc(OC(C)(C)CN3CC(F)(F)C3)cn2)C1O. The van der Waals surface area contributed by atoms with Crippen LogP contribution in [0.5, 0.6) is 5.75 Å². The predicted octanol–water partition coefficient (Wildman–Crippen LogP) is 4.20. The minimum atomic E-state index is -2.67. The molecule has 51 heavy (non-hydrogen) atoms. The zero-order chi connectivity index (χ0) is 36.9. The van der Waals surface area contributed by atoms with Crippen LogP contribution in [0.15, 0.2) is 70.9 Å². The molecule has 0 saturated carbocycles. The Balaban J connectivity index is 1.30. The molecular formula is C36H37F3N8O4. The number of hydrogen-bond acceptors (Lipinski definition) is 11. The minimum absolute atomic E-state index is 0.0701. The number of ether oxygens (including phenoxy) is 1. The Morgan fingerprint density at radius 1 is 1.16 bits per heavy atom. The molecule has 1 unspecified atom stereocenters. The summed E-state index contributed by atoms with van der Waals surface area (Å²) in [4.78, 5) is 28.5. The maximum absolute atomic E-state index is 15.4. The third-order valence-electron chi connectivity index (χ3n) is 8.76. The second-order valence-electron chi connectivity index (χ2n) is 13.9. The van der Waals surface area contributed by atoms with Crippen molar-refractivity contribution in [2.24, 2.45) is 4.99 Å². The molecule has 15 heteroatoms. The van der Waals surface area contributed by atoms with Gasteiger partial charge in [-0.2, -0.15) is 10.3 Å². The Morgan fingerprint density at radius 3 is 2.55 bits per heavy atom. The molecular weight excluding hydrogens is 665 g/mol. The van der Waals surface area contributed by atoms with Gasteiger partial charge in [0.25, 0.3) is 11.5 Å². The maximum Gasteiger partial charge on any atom is 0.272 e. The second kappa shape index (κ2) is 13.2. The zero-order valence-electron chi connectivity index (χ0n) is 28.7. The average molecular weight is 703 g/mol. The molecule has 5 heterocycles. The van der Waals surface area contributed by atoms with Gasteiger partial charge in [0.05, 0.1) is 54.2 Å². The van der Waals surface area contributed by atoms with Crippen LogP contribution in [-0.2, 0) is 12.0 Å². The van der Waals surface area contributed by atoms with Crippen LogP contribution in [0, 0.1) is 17.1 Å². The molecule has 0 aliphatic carbocycles. The van der Waals surface area contributed by atoms with E-state index in [1.165, 1.54) is 29.7 Å². The van der Waals surface area contributed by atoms with Crippen molar-refractivity contribution >= 4 is 28.0 Å². The summed E-state index contributed by atoms with van der Waals surface area (Å²) in [6.07, 6.45) is 4.72. The van der Waals surface area contributed by atoms with E-state index in [4.69, 9.17) is 4.74 Å². The van der Waals surface area contributed by atoms with E-state index in [0.29, 0.717) is 34.5 Å². The van der Waals surface area contributed by atoms with E-state index in [9.17, 15) is 29.1 Å². The fraction of sp³-hybridized carbons (Fsp3) is 0.361. The first-order chi connectivity index (χ1) is 24.0. The lowest BCUT2D eigenvalue weighted by molar-refractivity contribution is -0.144. The van der Waals surface area contributed by atoms with E-state index in [1.54, 1.807) is 76.1 Å². The fourth-order valence-corrected chi connectivity index (χ4v) is 6.19. The van der Waals surface area contributed by atoms with Crippen LogP contribution in [0.4, 0.5) is 19.0 Å². The van der Waals surface area contributed by atoms with E-state index >= 15 is 4.39 Å². The molecule has 0 bridgehead atoms. The number of aliphatic hydroxyl groups is 2. The lowest BCUT2D eigenvalue weighted by Gasteiger charge is -2.42. The third kappa shape index (κ3) is 7.22. The predicted molar refractivity (Wildman–Crippen MR) is 184 cm³/mol. The van der Waals surface area contributed by atoms with Gasteiger partial charge in [-0.25, -0.2) is 28.1 Å². The van der Waals surface area contributed by atoms with Gasteiger partial charge in [-0.3, -0.25) is 14.3 Å². The average Bonchev–Trinajstić information content (AvgIpc) is 3.06. The number of fused-ring (bicyclic) bond motifs is 1. The van der Waals surface area contributed by atoms with E-state index in [-0.39, 0.29) is 41.4 Å². The number of nitriles is 1. The molecule has 12 nitrogen and oxygen atoms in total. The van der Waals surface area contributed by atoms with Crippen molar-refractivity contribution in [2.45, 2.75) is 57.5 Å². The van der Waals surface area contributed by atoms with Crippen molar-refractivity contribution in [3.8, 4) is 17.6 Å². The summed E-state index contributed by atoms with van der Waals surface area (Å²) in [5.74, 6) is -2.70. The van der Waals surface area contributed by atoms with Crippen molar-refractivity contribution in [1.29, 1.82) is 5.26 Å². The molecule has 1 atom stereocenters. The van der Waals surface area contributed by atoms with Crippen LogP contribution in [0.1, 0.15) is 44.4 Å². The lowest BCUT2D eigenvalue weighted by Crippen LogP contribution is -2.60. The lowest BCUT2D eigenvalue weighted by atomic mass is 9.85. The first-order valence-corrected chi connectivity index (χ1v) is 16.1. The number of benzene rings is 1. The van der Waals surface area contributed by atoms with Gasteiger partial charge in [-0.15, -0.1) is 0 Å². The summed E-state index contributed by atoms with van der Waals surface area (Å²) < 4.78 is 49.1. The zero-order valence-corrected chi connectivity index (χ0v) is 28.7. The van der Waals surface area contributed by atoms with Gasteiger partial charge < -0.3 is 20.4 Å². The monoisotopic (exact) mass is 702 g/mol. The van der Waals surface area contributed by atoms with Gasteiger partial charge in [0.2, 0.25) is 0 Å². The Kier molecular flexibility index (Phi) is 9.23.